The molecule has 0 amide bonds. The zero-order valence-corrected chi connectivity index (χ0v) is 19.2. The lowest BCUT2D eigenvalue weighted by Crippen LogP contribution is -2.41. The van der Waals surface area contributed by atoms with Gasteiger partial charge in [0.15, 0.2) is 5.96 Å². The van der Waals surface area contributed by atoms with Crippen molar-refractivity contribution in [2.75, 3.05) is 34.3 Å². The van der Waals surface area contributed by atoms with Gasteiger partial charge in [-0.15, -0.1) is 24.0 Å². The molecule has 2 rings (SSSR count). The van der Waals surface area contributed by atoms with Crippen molar-refractivity contribution in [1.82, 2.24) is 15.5 Å². The number of halogens is 1. The fourth-order valence-electron chi connectivity index (χ4n) is 2.81. The number of para-hydroxylation sites is 1. The molecule has 2 aromatic carbocycles. The second kappa shape index (κ2) is 13.2. The van der Waals surface area contributed by atoms with E-state index in [1.165, 1.54) is 5.56 Å². The SMILES string of the molecule is C=CCOc1ccccc1CNC(=NC)NCC(c1ccccc1)N(C)C.I. The summed E-state index contributed by atoms with van der Waals surface area (Å²) in [5, 5.41) is 6.79. The van der Waals surface area contributed by atoms with Gasteiger partial charge in [0.25, 0.3) is 0 Å². The molecule has 0 aromatic heterocycles. The Hall–Kier alpha value is -2.06. The van der Waals surface area contributed by atoms with Crippen LogP contribution in [0.5, 0.6) is 5.75 Å². The molecule has 6 heteroatoms. The molecule has 0 saturated heterocycles. The highest BCUT2D eigenvalue weighted by atomic mass is 127. The van der Waals surface area contributed by atoms with Gasteiger partial charge in [0.1, 0.15) is 12.4 Å². The van der Waals surface area contributed by atoms with Gasteiger partial charge >= 0.3 is 0 Å². The lowest BCUT2D eigenvalue weighted by Gasteiger charge is -2.26. The molecule has 152 valence electrons. The molecule has 28 heavy (non-hydrogen) atoms. The number of aliphatic imine (C=N–C) groups is 1. The number of benzene rings is 2. The second-order valence-electron chi connectivity index (χ2n) is 6.40. The number of ether oxygens (including phenoxy) is 1. The maximum atomic E-state index is 5.71. The van der Waals surface area contributed by atoms with Crippen molar-refractivity contribution >= 4 is 29.9 Å². The summed E-state index contributed by atoms with van der Waals surface area (Å²) in [4.78, 5) is 6.54. The Kier molecular flexibility index (Phi) is 11.3. The first-order valence-corrected chi connectivity index (χ1v) is 9.13. The first-order valence-electron chi connectivity index (χ1n) is 9.13. The topological polar surface area (TPSA) is 48.9 Å². The van der Waals surface area contributed by atoms with Crippen LogP contribution >= 0.6 is 24.0 Å². The van der Waals surface area contributed by atoms with Gasteiger partial charge in [0, 0.05) is 25.7 Å². The second-order valence-corrected chi connectivity index (χ2v) is 6.40. The first kappa shape index (κ1) is 24.0. The molecule has 1 unspecified atom stereocenters. The van der Waals surface area contributed by atoms with Gasteiger partial charge in [-0.2, -0.15) is 0 Å². The van der Waals surface area contributed by atoms with Crippen molar-refractivity contribution in [3.05, 3.63) is 78.4 Å². The fourth-order valence-corrected chi connectivity index (χ4v) is 2.81. The molecule has 2 N–H and O–H groups in total. The van der Waals surface area contributed by atoms with E-state index >= 15 is 0 Å². The largest absolute Gasteiger partial charge is 0.489 e. The summed E-state index contributed by atoms with van der Waals surface area (Å²) in [5.41, 5.74) is 2.35. The predicted octanol–water partition coefficient (Wildman–Crippen LogP) is 3.84. The predicted molar refractivity (Wildman–Crippen MR) is 129 cm³/mol. The van der Waals surface area contributed by atoms with Crippen LogP contribution in [-0.2, 0) is 6.54 Å². The van der Waals surface area contributed by atoms with Crippen LogP contribution in [0, 0.1) is 0 Å². The Morgan fingerprint density at radius 3 is 2.43 bits per heavy atom. The lowest BCUT2D eigenvalue weighted by atomic mass is 10.1. The van der Waals surface area contributed by atoms with Crippen molar-refractivity contribution in [3.63, 3.8) is 0 Å². The minimum atomic E-state index is 0. The van der Waals surface area contributed by atoms with Crippen molar-refractivity contribution in [2.45, 2.75) is 12.6 Å². The number of nitrogens with one attached hydrogen (secondary N) is 2. The van der Waals surface area contributed by atoms with Crippen LogP contribution in [0.1, 0.15) is 17.2 Å². The van der Waals surface area contributed by atoms with Crippen LogP contribution in [0.25, 0.3) is 0 Å². The molecule has 1 atom stereocenters. The smallest absolute Gasteiger partial charge is 0.191 e. The summed E-state index contributed by atoms with van der Waals surface area (Å²) in [6.07, 6.45) is 1.75. The van der Waals surface area contributed by atoms with E-state index in [4.69, 9.17) is 4.74 Å². The average molecular weight is 494 g/mol. The van der Waals surface area contributed by atoms with E-state index in [0.717, 1.165) is 23.8 Å². The molecule has 0 aliphatic rings. The van der Waals surface area contributed by atoms with Gasteiger partial charge in [0.2, 0.25) is 0 Å². The Morgan fingerprint density at radius 1 is 1.11 bits per heavy atom. The van der Waals surface area contributed by atoms with Crippen LogP contribution in [0.3, 0.4) is 0 Å². The molecule has 0 spiro atoms. The van der Waals surface area contributed by atoms with Crippen LogP contribution in [0.2, 0.25) is 0 Å². The molecule has 2 aromatic rings. The Balaban J connectivity index is 0.00000392. The van der Waals surface area contributed by atoms with E-state index in [-0.39, 0.29) is 30.0 Å². The minimum absolute atomic E-state index is 0. The summed E-state index contributed by atoms with van der Waals surface area (Å²) in [6.45, 7) is 5.58. The zero-order valence-electron chi connectivity index (χ0n) is 16.9. The molecule has 0 saturated carbocycles. The molecule has 0 heterocycles. The molecule has 0 radical (unpaired) electrons. The molecule has 0 aliphatic carbocycles. The highest BCUT2D eigenvalue weighted by Crippen LogP contribution is 2.18. The van der Waals surface area contributed by atoms with Gasteiger partial charge < -0.3 is 20.3 Å². The van der Waals surface area contributed by atoms with Crippen molar-refractivity contribution in [3.8, 4) is 5.75 Å². The summed E-state index contributed by atoms with van der Waals surface area (Å²) < 4.78 is 5.71. The maximum absolute atomic E-state index is 5.71. The van der Waals surface area contributed by atoms with E-state index < -0.39 is 0 Å². The van der Waals surface area contributed by atoms with Gasteiger partial charge in [-0.25, -0.2) is 0 Å². The van der Waals surface area contributed by atoms with Crippen LogP contribution in [0.4, 0.5) is 0 Å². The Morgan fingerprint density at radius 2 is 1.79 bits per heavy atom. The quantitative estimate of drug-likeness (QED) is 0.241. The minimum Gasteiger partial charge on any atom is -0.489 e. The highest BCUT2D eigenvalue weighted by molar-refractivity contribution is 14.0. The number of guanidine groups is 1. The molecule has 0 bridgehead atoms. The van der Waals surface area contributed by atoms with Crippen LogP contribution < -0.4 is 15.4 Å². The van der Waals surface area contributed by atoms with E-state index in [1.54, 1.807) is 13.1 Å². The number of rotatable bonds is 9. The third kappa shape index (κ3) is 7.52. The normalized spacial score (nSPS) is 12.1. The third-order valence-corrected chi connectivity index (χ3v) is 4.27. The van der Waals surface area contributed by atoms with Crippen molar-refractivity contribution in [2.24, 2.45) is 4.99 Å². The summed E-state index contributed by atoms with van der Waals surface area (Å²) in [7, 11) is 5.95. The fraction of sp³-hybridized carbons (Fsp3) is 0.318. The van der Waals surface area contributed by atoms with Crippen molar-refractivity contribution in [1.29, 1.82) is 0 Å². The summed E-state index contributed by atoms with van der Waals surface area (Å²) >= 11 is 0. The summed E-state index contributed by atoms with van der Waals surface area (Å²) in [5.74, 6) is 1.62. The number of hydrogen-bond donors (Lipinski definition) is 2. The number of likely N-dealkylation sites (N-methyl/N-ethyl adjacent to an activating group) is 1. The van der Waals surface area contributed by atoms with Crippen molar-refractivity contribution < 1.29 is 4.74 Å². The molecule has 0 fully saturated rings. The third-order valence-electron chi connectivity index (χ3n) is 4.27. The van der Waals surface area contributed by atoms with E-state index in [0.29, 0.717) is 13.2 Å². The van der Waals surface area contributed by atoms with Gasteiger partial charge in [-0.05, 0) is 25.7 Å². The van der Waals surface area contributed by atoms with Crippen LogP contribution in [0.15, 0.2) is 72.2 Å². The van der Waals surface area contributed by atoms with E-state index in [1.807, 2.05) is 30.3 Å². The first-order chi connectivity index (χ1) is 13.2. The monoisotopic (exact) mass is 494 g/mol. The van der Waals surface area contributed by atoms with Gasteiger partial charge in [0.05, 0.1) is 6.04 Å². The van der Waals surface area contributed by atoms with E-state index in [2.05, 4.69) is 65.5 Å². The van der Waals surface area contributed by atoms with E-state index in [9.17, 15) is 0 Å². The maximum Gasteiger partial charge on any atom is 0.191 e. The lowest BCUT2D eigenvalue weighted by molar-refractivity contribution is 0.298. The zero-order chi connectivity index (χ0) is 19.5. The Bertz CT molecular complexity index is 734. The Labute approximate surface area is 185 Å². The molecule has 0 aliphatic heterocycles. The standard InChI is InChI=1S/C22H30N4O.HI/c1-5-15-27-21-14-10-9-13-19(21)16-24-22(23-2)25-17-20(26(3)4)18-11-7-6-8-12-18;/h5-14,20H,1,15-17H2,2-4H3,(H2,23,24,25);1H. The highest BCUT2D eigenvalue weighted by Gasteiger charge is 2.14. The summed E-state index contributed by atoms with van der Waals surface area (Å²) in [6, 6.07) is 18.7. The van der Waals surface area contributed by atoms with Crippen LogP contribution in [-0.4, -0.2) is 45.2 Å². The number of nitrogens with zero attached hydrogens (tertiary/aromatic N) is 2. The van der Waals surface area contributed by atoms with Gasteiger partial charge in [-0.3, -0.25) is 4.99 Å². The number of hydrogen-bond acceptors (Lipinski definition) is 3. The van der Waals surface area contributed by atoms with Gasteiger partial charge in [-0.1, -0.05) is 61.2 Å². The average Bonchev–Trinajstić information content (AvgIpc) is 2.70. The molecular formula is C22H31IN4O. The molecule has 5 nitrogen and oxygen atoms in total. The molecular weight excluding hydrogens is 463 g/mol.